The van der Waals surface area contributed by atoms with Gasteiger partial charge in [0, 0.05) is 5.56 Å². The van der Waals surface area contributed by atoms with Gasteiger partial charge in [-0.25, -0.2) is 0 Å². The van der Waals surface area contributed by atoms with Crippen LogP contribution in [-0.2, 0) is 6.42 Å². The van der Waals surface area contributed by atoms with Crippen molar-refractivity contribution in [3.05, 3.63) is 44.1 Å². The van der Waals surface area contributed by atoms with Gasteiger partial charge in [-0.3, -0.25) is 10.1 Å². The zero-order valence-corrected chi connectivity index (χ0v) is 16.6. The molecule has 26 heavy (non-hydrogen) atoms. The van der Waals surface area contributed by atoms with Crippen LogP contribution in [0.1, 0.15) is 74.6 Å². The van der Waals surface area contributed by atoms with Crippen molar-refractivity contribution in [2.75, 3.05) is 0 Å². The lowest BCUT2D eigenvalue weighted by Crippen LogP contribution is -2.38. The summed E-state index contributed by atoms with van der Waals surface area (Å²) in [6, 6.07) is 0. The van der Waals surface area contributed by atoms with E-state index in [1.807, 2.05) is 27.7 Å². The summed E-state index contributed by atoms with van der Waals surface area (Å²) < 4.78 is 6.32. The molecule has 0 bridgehead atoms. The Hall–Kier alpha value is -2.04. The van der Waals surface area contributed by atoms with E-state index in [1.54, 1.807) is 6.08 Å². The van der Waals surface area contributed by atoms with Gasteiger partial charge >= 0.3 is 0 Å². The summed E-state index contributed by atoms with van der Waals surface area (Å²) in [4.78, 5) is 11.2. The van der Waals surface area contributed by atoms with Crippen molar-refractivity contribution in [2.24, 2.45) is 0 Å². The minimum atomic E-state index is -0.600. The molecule has 144 valence electrons. The van der Waals surface area contributed by atoms with Gasteiger partial charge in [0.05, 0.1) is 11.3 Å². The number of nitro groups is 1. The van der Waals surface area contributed by atoms with Crippen LogP contribution in [0.5, 0.6) is 11.5 Å². The average molecular weight is 361 g/mol. The maximum atomic E-state index is 11.5. The van der Waals surface area contributed by atoms with Gasteiger partial charge in [0.15, 0.2) is 0 Å². The number of hydrogen-bond acceptors (Lipinski definition) is 4. The van der Waals surface area contributed by atoms with Crippen molar-refractivity contribution in [1.82, 2.24) is 0 Å². The molecular weight excluding hydrogens is 330 g/mol. The van der Waals surface area contributed by atoms with Crippen LogP contribution in [0.2, 0.25) is 0 Å². The van der Waals surface area contributed by atoms with Gasteiger partial charge in [-0.05, 0) is 76.1 Å². The first-order valence-corrected chi connectivity index (χ1v) is 9.54. The summed E-state index contributed by atoms with van der Waals surface area (Å²) in [5.41, 5.74) is 3.26. The number of ether oxygens (including phenoxy) is 1. The van der Waals surface area contributed by atoms with Crippen LogP contribution < -0.4 is 4.74 Å². The second-order valence-corrected chi connectivity index (χ2v) is 7.71. The topological polar surface area (TPSA) is 72.6 Å². The molecular formula is C21H31NO4. The Labute approximate surface area is 156 Å². The Bertz CT molecular complexity index is 723. The monoisotopic (exact) mass is 361 g/mol. The molecule has 1 aliphatic heterocycles. The van der Waals surface area contributed by atoms with Crippen LogP contribution in [0.25, 0.3) is 0 Å². The standard InChI is InChI=1S/C21H31NO4/c1-6-7-8-9-10-17(22(24)25)13-21(5)12-11-18-16(4)19(23)14(2)15(3)20(18)26-21/h10,23H,6-9,11-13H2,1-5H3/b17-10-. The lowest BCUT2D eigenvalue weighted by atomic mass is 9.85. The van der Waals surface area contributed by atoms with Crippen LogP contribution in [0.4, 0.5) is 0 Å². The van der Waals surface area contributed by atoms with Crippen molar-refractivity contribution in [1.29, 1.82) is 0 Å². The predicted molar refractivity (Wildman–Crippen MR) is 104 cm³/mol. The first-order chi connectivity index (χ1) is 12.2. The molecule has 1 aromatic rings. The second-order valence-electron chi connectivity index (χ2n) is 7.71. The number of fused-ring (bicyclic) bond motifs is 1. The Morgan fingerprint density at radius 1 is 1.27 bits per heavy atom. The highest BCUT2D eigenvalue weighted by atomic mass is 16.6. The van der Waals surface area contributed by atoms with Gasteiger partial charge in [-0.1, -0.05) is 19.8 Å². The number of rotatable bonds is 7. The van der Waals surface area contributed by atoms with E-state index in [9.17, 15) is 15.2 Å². The van der Waals surface area contributed by atoms with E-state index in [0.29, 0.717) is 18.6 Å². The maximum absolute atomic E-state index is 11.5. The fourth-order valence-corrected chi connectivity index (χ4v) is 3.68. The van der Waals surface area contributed by atoms with E-state index in [0.717, 1.165) is 60.1 Å². The smallest absolute Gasteiger partial charge is 0.246 e. The number of allylic oxidation sites excluding steroid dienone is 1. The van der Waals surface area contributed by atoms with Crippen LogP contribution in [-0.4, -0.2) is 15.6 Å². The van der Waals surface area contributed by atoms with Gasteiger partial charge in [-0.15, -0.1) is 0 Å². The molecule has 1 heterocycles. The van der Waals surface area contributed by atoms with E-state index in [2.05, 4.69) is 6.92 Å². The molecule has 0 fully saturated rings. The van der Waals surface area contributed by atoms with Crippen molar-refractivity contribution < 1.29 is 14.8 Å². The molecule has 0 spiro atoms. The van der Waals surface area contributed by atoms with Gasteiger partial charge in [0.2, 0.25) is 5.70 Å². The van der Waals surface area contributed by atoms with E-state index < -0.39 is 5.60 Å². The normalized spacial score (nSPS) is 19.8. The third-order valence-corrected chi connectivity index (χ3v) is 5.57. The first kappa shape index (κ1) is 20.3. The molecule has 0 radical (unpaired) electrons. The summed E-state index contributed by atoms with van der Waals surface area (Å²) in [6.45, 7) is 9.80. The Kier molecular flexibility index (Phi) is 6.32. The SMILES string of the molecule is CCCCC/C=C(/CC1(C)CCc2c(C)c(O)c(C)c(C)c2O1)[N+](=O)[O-]. The molecule has 0 amide bonds. The maximum Gasteiger partial charge on any atom is 0.246 e. The summed E-state index contributed by atoms with van der Waals surface area (Å²) in [5, 5.41) is 21.8. The minimum absolute atomic E-state index is 0.247. The fourth-order valence-electron chi connectivity index (χ4n) is 3.68. The molecule has 1 aliphatic rings. The number of aromatic hydroxyl groups is 1. The summed E-state index contributed by atoms with van der Waals surface area (Å²) in [5.74, 6) is 1.12. The van der Waals surface area contributed by atoms with Crippen LogP contribution in [0.3, 0.4) is 0 Å². The van der Waals surface area contributed by atoms with Gasteiger partial charge < -0.3 is 9.84 Å². The van der Waals surface area contributed by atoms with E-state index in [1.165, 1.54) is 0 Å². The Morgan fingerprint density at radius 3 is 2.58 bits per heavy atom. The molecule has 1 atom stereocenters. The largest absolute Gasteiger partial charge is 0.507 e. The molecule has 1 unspecified atom stereocenters. The zero-order chi connectivity index (χ0) is 19.5. The Morgan fingerprint density at radius 2 is 1.96 bits per heavy atom. The highest BCUT2D eigenvalue weighted by Crippen LogP contribution is 2.44. The molecule has 0 saturated carbocycles. The number of phenolic OH excluding ortho intramolecular Hbond substituents is 1. The van der Waals surface area contributed by atoms with Crippen molar-refractivity contribution in [3.63, 3.8) is 0 Å². The average Bonchev–Trinajstić information content (AvgIpc) is 2.60. The van der Waals surface area contributed by atoms with Gasteiger partial charge in [0.1, 0.15) is 17.1 Å². The Balaban J connectivity index is 2.25. The van der Waals surface area contributed by atoms with Crippen LogP contribution in [0, 0.1) is 30.9 Å². The van der Waals surface area contributed by atoms with Crippen molar-refractivity contribution in [2.45, 2.75) is 85.2 Å². The predicted octanol–water partition coefficient (Wildman–Crippen LogP) is 5.53. The van der Waals surface area contributed by atoms with Gasteiger partial charge in [-0.2, -0.15) is 0 Å². The first-order valence-electron chi connectivity index (χ1n) is 9.54. The summed E-state index contributed by atoms with van der Waals surface area (Å²) in [7, 11) is 0. The minimum Gasteiger partial charge on any atom is -0.507 e. The quantitative estimate of drug-likeness (QED) is 0.393. The summed E-state index contributed by atoms with van der Waals surface area (Å²) >= 11 is 0. The van der Waals surface area contributed by atoms with Crippen LogP contribution >= 0.6 is 0 Å². The lowest BCUT2D eigenvalue weighted by Gasteiger charge is -2.37. The molecule has 0 aliphatic carbocycles. The highest BCUT2D eigenvalue weighted by Gasteiger charge is 2.37. The fraction of sp³-hybridized carbons (Fsp3) is 0.619. The molecule has 5 heteroatoms. The second kappa shape index (κ2) is 8.11. The third-order valence-electron chi connectivity index (χ3n) is 5.57. The zero-order valence-electron chi connectivity index (χ0n) is 16.6. The third kappa shape index (κ3) is 4.19. The highest BCUT2D eigenvalue weighted by molar-refractivity contribution is 5.58. The van der Waals surface area contributed by atoms with Crippen LogP contribution in [0.15, 0.2) is 11.8 Å². The van der Waals surface area contributed by atoms with E-state index in [4.69, 9.17) is 4.74 Å². The van der Waals surface area contributed by atoms with E-state index in [-0.39, 0.29) is 10.6 Å². The molecule has 0 saturated heterocycles. The molecule has 0 aromatic heterocycles. The molecule has 1 aromatic carbocycles. The lowest BCUT2D eigenvalue weighted by molar-refractivity contribution is -0.430. The number of nitrogens with zero attached hydrogens (tertiary/aromatic N) is 1. The van der Waals surface area contributed by atoms with Crippen molar-refractivity contribution >= 4 is 0 Å². The molecule has 5 nitrogen and oxygen atoms in total. The number of phenols is 1. The summed E-state index contributed by atoms with van der Waals surface area (Å²) in [6.07, 6.45) is 7.42. The molecule has 1 N–H and O–H groups in total. The molecule has 2 rings (SSSR count). The van der Waals surface area contributed by atoms with E-state index >= 15 is 0 Å². The van der Waals surface area contributed by atoms with Gasteiger partial charge in [0.25, 0.3) is 0 Å². The number of hydrogen-bond donors (Lipinski definition) is 1. The van der Waals surface area contributed by atoms with Crippen molar-refractivity contribution in [3.8, 4) is 11.5 Å². The number of benzene rings is 1. The number of unbranched alkanes of at least 4 members (excludes halogenated alkanes) is 3.